The molecule has 0 aliphatic heterocycles. The number of nitrogens with zero attached hydrogens (tertiary/aromatic N) is 2. The number of rotatable bonds is 6. The van der Waals surface area contributed by atoms with Crippen LogP contribution in [0.25, 0.3) is 11.8 Å². The summed E-state index contributed by atoms with van der Waals surface area (Å²) in [6.45, 7) is 3.49. The minimum absolute atomic E-state index is 0.280. The van der Waals surface area contributed by atoms with Crippen LogP contribution >= 0.6 is 22.9 Å². The molecule has 0 unspecified atom stereocenters. The second-order valence-corrected chi connectivity index (χ2v) is 7.51. The van der Waals surface area contributed by atoms with E-state index >= 15 is 0 Å². The van der Waals surface area contributed by atoms with Gasteiger partial charge in [0.15, 0.2) is 6.61 Å². The number of carbonyl (C=O) groups is 2. The van der Waals surface area contributed by atoms with Gasteiger partial charge in [0.25, 0.3) is 0 Å². The van der Waals surface area contributed by atoms with Gasteiger partial charge in [-0.3, -0.25) is 4.79 Å². The summed E-state index contributed by atoms with van der Waals surface area (Å²) in [7, 11) is 0. The fraction of sp³-hybridized carbons (Fsp3) is 0.150. The van der Waals surface area contributed by atoms with Crippen LogP contribution in [0.15, 0.2) is 48.5 Å². The topological polar surface area (TPSA) is 61.2 Å². The van der Waals surface area contributed by atoms with Gasteiger partial charge in [0.05, 0.1) is 20.6 Å². The van der Waals surface area contributed by atoms with E-state index in [-0.39, 0.29) is 12.4 Å². The van der Waals surface area contributed by atoms with Gasteiger partial charge in [-0.05, 0) is 44.2 Å². The fourth-order valence-electron chi connectivity index (χ4n) is 2.59. The van der Waals surface area contributed by atoms with Gasteiger partial charge in [-0.25, -0.2) is 9.48 Å². The summed E-state index contributed by atoms with van der Waals surface area (Å²) >= 11 is 6.96. The van der Waals surface area contributed by atoms with E-state index in [1.165, 1.54) is 6.08 Å². The van der Waals surface area contributed by atoms with Crippen LogP contribution in [0.2, 0.25) is 4.34 Å². The zero-order chi connectivity index (χ0) is 19.4. The molecule has 5 nitrogen and oxygen atoms in total. The number of ketones is 1. The van der Waals surface area contributed by atoms with Crippen LogP contribution in [-0.2, 0) is 9.53 Å². The molecular weight excluding hydrogens is 384 g/mol. The highest BCUT2D eigenvalue weighted by Gasteiger charge is 2.13. The van der Waals surface area contributed by atoms with Crippen molar-refractivity contribution in [3.63, 3.8) is 0 Å². The predicted molar refractivity (Wildman–Crippen MR) is 107 cm³/mol. The molecule has 0 N–H and O–H groups in total. The summed E-state index contributed by atoms with van der Waals surface area (Å²) in [6, 6.07) is 13.0. The van der Waals surface area contributed by atoms with Crippen molar-refractivity contribution in [3.8, 4) is 5.69 Å². The minimum atomic E-state index is -0.586. The normalized spacial score (nSPS) is 11.1. The Labute approximate surface area is 165 Å². The maximum absolute atomic E-state index is 11.9. The molecule has 0 amide bonds. The van der Waals surface area contributed by atoms with E-state index in [1.807, 2.05) is 48.9 Å². The Morgan fingerprint density at radius 1 is 1.19 bits per heavy atom. The van der Waals surface area contributed by atoms with Crippen LogP contribution < -0.4 is 0 Å². The number of halogens is 1. The Bertz CT molecular complexity index is 1010. The lowest BCUT2D eigenvalue weighted by atomic mass is 10.2. The SMILES string of the molecule is Cc1nn(-c2ccccc2)c(C)c1/C=C/C(=O)OCC(=O)c1ccc(Cl)s1. The largest absolute Gasteiger partial charge is 0.454 e. The molecule has 0 radical (unpaired) electrons. The number of aromatic nitrogens is 2. The van der Waals surface area contributed by atoms with Gasteiger partial charge in [-0.1, -0.05) is 29.8 Å². The Balaban J connectivity index is 1.66. The van der Waals surface area contributed by atoms with E-state index in [2.05, 4.69) is 5.10 Å². The molecule has 0 aliphatic carbocycles. The van der Waals surface area contributed by atoms with Crippen LogP contribution in [-0.4, -0.2) is 28.1 Å². The van der Waals surface area contributed by atoms with Crippen LogP contribution in [0.1, 0.15) is 26.6 Å². The summed E-state index contributed by atoms with van der Waals surface area (Å²) in [5.74, 6) is -0.866. The highest BCUT2D eigenvalue weighted by Crippen LogP contribution is 2.22. The third kappa shape index (κ3) is 4.53. The van der Waals surface area contributed by atoms with Crippen LogP contribution in [0.4, 0.5) is 0 Å². The molecule has 0 fully saturated rings. The quantitative estimate of drug-likeness (QED) is 0.343. The molecule has 0 bridgehead atoms. The van der Waals surface area contributed by atoms with Crippen molar-refractivity contribution >= 4 is 40.8 Å². The van der Waals surface area contributed by atoms with Gasteiger partial charge in [0.2, 0.25) is 5.78 Å². The second-order valence-electron chi connectivity index (χ2n) is 5.80. The van der Waals surface area contributed by atoms with Crippen molar-refractivity contribution in [3.05, 3.63) is 74.7 Å². The van der Waals surface area contributed by atoms with Gasteiger partial charge >= 0.3 is 5.97 Å². The monoisotopic (exact) mass is 400 g/mol. The first-order chi connectivity index (χ1) is 13.0. The Morgan fingerprint density at radius 3 is 2.59 bits per heavy atom. The molecule has 27 heavy (non-hydrogen) atoms. The number of hydrogen-bond donors (Lipinski definition) is 0. The minimum Gasteiger partial charge on any atom is -0.454 e. The number of thiophene rings is 1. The number of para-hydroxylation sites is 1. The molecule has 7 heteroatoms. The van der Waals surface area contributed by atoms with E-state index in [1.54, 1.807) is 18.2 Å². The van der Waals surface area contributed by atoms with Gasteiger partial charge in [0, 0.05) is 17.3 Å². The zero-order valence-electron chi connectivity index (χ0n) is 14.8. The maximum atomic E-state index is 11.9. The molecule has 0 saturated carbocycles. The third-order valence-electron chi connectivity index (χ3n) is 3.93. The molecule has 0 saturated heterocycles. The number of ether oxygens (including phenoxy) is 1. The molecule has 0 aliphatic rings. The van der Waals surface area contributed by atoms with Gasteiger partial charge in [0.1, 0.15) is 0 Å². The van der Waals surface area contributed by atoms with Crippen molar-refractivity contribution in [2.45, 2.75) is 13.8 Å². The van der Waals surface area contributed by atoms with E-state index in [4.69, 9.17) is 16.3 Å². The van der Waals surface area contributed by atoms with Gasteiger partial charge in [-0.2, -0.15) is 5.10 Å². The smallest absolute Gasteiger partial charge is 0.331 e. The summed E-state index contributed by atoms with van der Waals surface area (Å²) in [4.78, 5) is 24.4. The second kappa shape index (κ2) is 8.33. The van der Waals surface area contributed by atoms with E-state index in [0.29, 0.717) is 9.21 Å². The Hall–Kier alpha value is -2.70. The van der Waals surface area contributed by atoms with E-state index in [9.17, 15) is 9.59 Å². The van der Waals surface area contributed by atoms with Crippen LogP contribution in [0.3, 0.4) is 0 Å². The highest BCUT2D eigenvalue weighted by molar-refractivity contribution is 7.18. The lowest BCUT2D eigenvalue weighted by Gasteiger charge is -2.03. The van der Waals surface area contributed by atoms with Gasteiger partial charge < -0.3 is 4.74 Å². The fourth-order valence-corrected chi connectivity index (χ4v) is 3.56. The molecule has 0 atom stereocenters. The van der Waals surface area contributed by atoms with Gasteiger partial charge in [-0.15, -0.1) is 11.3 Å². The Kier molecular flexibility index (Phi) is 5.88. The molecule has 2 aromatic heterocycles. The average Bonchev–Trinajstić information content (AvgIpc) is 3.22. The molecule has 1 aromatic carbocycles. The first kappa shape index (κ1) is 19.1. The van der Waals surface area contributed by atoms with Crippen molar-refractivity contribution in [2.24, 2.45) is 0 Å². The van der Waals surface area contributed by atoms with Crippen LogP contribution in [0, 0.1) is 13.8 Å². The third-order valence-corrected chi connectivity index (χ3v) is 5.20. The van der Waals surface area contributed by atoms with Crippen LogP contribution in [0.5, 0.6) is 0 Å². The molecule has 0 spiro atoms. The lowest BCUT2D eigenvalue weighted by Crippen LogP contribution is -2.11. The summed E-state index contributed by atoms with van der Waals surface area (Å²) in [5.41, 5.74) is 3.49. The Morgan fingerprint density at radius 2 is 1.93 bits per heavy atom. The first-order valence-corrected chi connectivity index (χ1v) is 9.40. The number of Topliss-reactive ketones (excluding diaryl/α,β-unsaturated/α-hetero) is 1. The molecule has 3 aromatic rings. The molecule has 3 rings (SSSR count). The summed E-state index contributed by atoms with van der Waals surface area (Å²) < 4.78 is 7.36. The highest BCUT2D eigenvalue weighted by atomic mass is 35.5. The number of esters is 1. The number of carbonyl (C=O) groups excluding carboxylic acids is 2. The zero-order valence-corrected chi connectivity index (χ0v) is 16.4. The molecular formula is C20H17ClN2O3S. The summed E-state index contributed by atoms with van der Waals surface area (Å²) in [6.07, 6.45) is 2.97. The van der Waals surface area contributed by atoms with Crippen molar-refractivity contribution in [2.75, 3.05) is 6.61 Å². The summed E-state index contributed by atoms with van der Waals surface area (Å²) in [5, 5.41) is 4.52. The number of hydrogen-bond acceptors (Lipinski definition) is 5. The standard InChI is InChI=1S/C20H17ClN2O3S/c1-13-16(14(2)23(22-13)15-6-4-3-5-7-15)8-11-20(25)26-12-17(24)18-9-10-19(21)27-18/h3-11H,12H2,1-2H3/b11-8+. The number of aryl methyl sites for hydroxylation is 1. The predicted octanol–water partition coefficient (Wildman–Crippen LogP) is 4.64. The number of benzene rings is 1. The molecule has 2 heterocycles. The lowest BCUT2D eigenvalue weighted by molar-refractivity contribution is -0.136. The van der Waals surface area contributed by atoms with E-state index in [0.717, 1.165) is 34.0 Å². The van der Waals surface area contributed by atoms with Crippen molar-refractivity contribution < 1.29 is 14.3 Å². The van der Waals surface area contributed by atoms with Crippen molar-refractivity contribution in [1.82, 2.24) is 9.78 Å². The van der Waals surface area contributed by atoms with E-state index < -0.39 is 5.97 Å². The van der Waals surface area contributed by atoms with Crippen molar-refractivity contribution in [1.29, 1.82) is 0 Å². The molecule has 138 valence electrons. The first-order valence-electron chi connectivity index (χ1n) is 8.20. The average molecular weight is 401 g/mol. The maximum Gasteiger partial charge on any atom is 0.331 e.